The van der Waals surface area contributed by atoms with Crippen molar-refractivity contribution in [2.75, 3.05) is 23.4 Å². The minimum absolute atomic E-state index is 0.0825. The molecule has 30 heavy (non-hydrogen) atoms. The fourth-order valence-corrected chi connectivity index (χ4v) is 3.05. The van der Waals surface area contributed by atoms with Gasteiger partial charge in [0.25, 0.3) is 5.91 Å². The molecule has 6 nitrogen and oxygen atoms in total. The van der Waals surface area contributed by atoms with Gasteiger partial charge in [0.2, 0.25) is 5.91 Å². The van der Waals surface area contributed by atoms with Crippen LogP contribution in [0.15, 0.2) is 36.4 Å². The van der Waals surface area contributed by atoms with Crippen LogP contribution in [-0.4, -0.2) is 30.7 Å². The molecule has 0 aliphatic carbocycles. The molecule has 0 aromatic heterocycles. The number of ketones is 1. The molecule has 0 fully saturated rings. The Bertz CT molecular complexity index is 1020. The maximum Gasteiger partial charge on any atom is 0.416 e. The van der Waals surface area contributed by atoms with Crippen molar-refractivity contribution < 1.29 is 32.3 Å². The van der Waals surface area contributed by atoms with E-state index < -0.39 is 30.1 Å². The van der Waals surface area contributed by atoms with Gasteiger partial charge in [-0.15, -0.1) is 0 Å². The molecule has 1 heterocycles. The van der Waals surface area contributed by atoms with E-state index >= 15 is 0 Å². The highest BCUT2D eigenvalue weighted by molar-refractivity contribution is 6.33. The highest BCUT2D eigenvalue weighted by atomic mass is 35.5. The molecule has 2 amide bonds. The minimum Gasteiger partial charge on any atom is -0.482 e. The molecule has 0 saturated carbocycles. The van der Waals surface area contributed by atoms with Crippen molar-refractivity contribution in [3.8, 4) is 5.75 Å². The van der Waals surface area contributed by atoms with Crippen molar-refractivity contribution >= 4 is 40.6 Å². The monoisotopic (exact) mass is 440 g/mol. The third kappa shape index (κ3) is 4.56. The average Bonchev–Trinajstić information content (AvgIpc) is 2.70. The number of amides is 2. The van der Waals surface area contributed by atoms with Gasteiger partial charge in [-0.3, -0.25) is 19.3 Å². The first-order valence-electron chi connectivity index (χ1n) is 8.87. The highest BCUT2D eigenvalue weighted by Crippen LogP contribution is 2.35. The van der Waals surface area contributed by atoms with Crippen LogP contribution in [0.3, 0.4) is 0 Å². The number of carbonyl (C=O) groups excluding carboxylic acids is 3. The number of hydrogen-bond acceptors (Lipinski definition) is 4. The van der Waals surface area contributed by atoms with Crippen LogP contribution in [0.2, 0.25) is 5.02 Å². The van der Waals surface area contributed by atoms with Crippen LogP contribution in [0.1, 0.15) is 29.3 Å². The quantitative estimate of drug-likeness (QED) is 0.703. The second-order valence-electron chi connectivity index (χ2n) is 6.47. The number of anilines is 2. The number of rotatable bonds is 5. The predicted molar refractivity (Wildman–Crippen MR) is 104 cm³/mol. The third-order valence-electron chi connectivity index (χ3n) is 4.41. The zero-order valence-corrected chi connectivity index (χ0v) is 16.4. The van der Waals surface area contributed by atoms with E-state index in [1.54, 1.807) is 13.0 Å². The molecule has 0 saturated heterocycles. The summed E-state index contributed by atoms with van der Waals surface area (Å²) in [7, 11) is 0. The summed E-state index contributed by atoms with van der Waals surface area (Å²) in [6, 6.07) is 7.07. The lowest BCUT2D eigenvalue weighted by molar-refractivity contribution is -0.137. The van der Waals surface area contributed by atoms with E-state index in [2.05, 4.69) is 5.32 Å². The lowest BCUT2D eigenvalue weighted by Gasteiger charge is -2.29. The molecular weight excluding hydrogens is 425 g/mol. The van der Waals surface area contributed by atoms with Crippen LogP contribution in [0.5, 0.6) is 5.75 Å². The molecule has 158 valence electrons. The van der Waals surface area contributed by atoms with E-state index in [4.69, 9.17) is 16.3 Å². The summed E-state index contributed by atoms with van der Waals surface area (Å²) in [6.07, 6.45) is -4.35. The molecule has 0 unspecified atom stereocenters. The normalized spacial score (nSPS) is 13.5. The first-order valence-corrected chi connectivity index (χ1v) is 9.25. The van der Waals surface area contributed by atoms with Gasteiger partial charge in [0.15, 0.2) is 12.4 Å². The van der Waals surface area contributed by atoms with Crippen molar-refractivity contribution in [2.45, 2.75) is 19.5 Å². The van der Waals surface area contributed by atoms with E-state index in [1.165, 1.54) is 12.1 Å². The predicted octanol–water partition coefficient (Wildman–Crippen LogP) is 4.32. The van der Waals surface area contributed by atoms with Gasteiger partial charge in [0.1, 0.15) is 12.3 Å². The van der Waals surface area contributed by atoms with Crippen molar-refractivity contribution in [3.05, 3.63) is 52.5 Å². The van der Waals surface area contributed by atoms with E-state index in [0.717, 1.165) is 17.0 Å². The van der Waals surface area contributed by atoms with Crippen LogP contribution in [0, 0.1) is 0 Å². The Balaban J connectivity index is 1.84. The van der Waals surface area contributed by atoms with E-state index in [9.17, 15) is 27.6 Å². The molecule has 2 aromatic rings. The third-order valence-corrected chi connectivity index (χ3v) is 4.74. The lowest BCUT2D eigenvalue weighted by atomic mass is 10.1. The van der Waals surface area contributed by atoms with Gasteiger partial charge in [0.05, 0.1) is 22.0 Å². The van der Waals surface area contributed by atoms with Crippen molar-refractivity contribution in [2.24, 2.45) is 0 Å². The summed E-state index contributed by atoms with van der Waals surface area (Å²) >= 11 is 5.89. The Kier molecular flexibility index (Phi) is 6.02. The Hall–Kier alpha value is -3.07. The molecule has 10 heteroatoms. The van der Waals surface area contributed by atoms with Crippen molar-refractivity contribution in [3.63, 3.8) is 0 Å². The number of fused-ring (bicyclic) bond motifs is 1. The summed E-state index contributed by atoms with van der Waals surface area (Å²) in [4.78, 5) is 37.9. The largest absolute Gasteiger partial charge is 0.482 e. The van der Waals surface area contributed by atoms with Crippen LogP contribution in [0.4, 0.5) is 24.5 Å². The van der Waals surface area contributed by atoms with Gasteiger partial charge in [-0.25, -0.2) is 0 Å². The zero-order chi connectivity index (χ0) is 22.1. The molecule has 0 bridgehead atoms. The number of nitrogens with one attached hydrogen (secondary N) is 1. The van der Waals surface area contributed by atoms with E-state index in [1.807, 2.05) is 0 Å². The van der Waals surface area contributed by atoms with Gasteiger partial charge < -0.3 is 10.1 Å². The van der Waals surface area contributed by atoms with E-state index in [0.29, 0.717) is 17.4 Å². The average molecular weight is 441 g/mol. The van der Waals surface area contributed by atoms with Crippen LogP contribution in [-0.2, 0) is 15.8 Å². The number of nitrogens with zero attached hydrogens (tertiary/aromatic N) is 1. The Morgan fingerprint density at radius 2 is 1.93 bits per heavy atom. The fraction of sp³-hybridized carbons (Fsp3) is 0.250. The highest BCUT2D eigenvalue weighted by Gasteiger charge is 2.32. The summed E-state index contributed by atoms with van der Waals surface area (Å²) in [5.41, 5.74) is -0.623. The zero-order valence-electron chi connectivity index (χ0n) is 15.7. The molecule has 2 aromatic carbocycles. The molecular formula is C20H16ClF3N2O4. The fourth-order valence-electron chi connectivity index (χ4n) is 2.88. The minimum atomic E-state index is -4.61. The molecule has 3 rings (SSSR count). The smallest absolute Gasteiger partial charge is 0.416 e. The molecule has 1 N–H and O–H groups in total. The summed E-state index contributed by atoms with van der Waals surface area (Å²) in [5.74, 6) is -1.14. The number of benzene rings is 2. The second-order valence-corrected chi connectivity index (χ2v) is 6.88. The van der Waals surface area contributed by atoms with Gasteiger partial charge in [0, 0.05) is 12.0 Å². The molecule has 1 aliphatic rings. The lowest BCUT2D eigenvalue weighted by Crippen LogP contribution is -2.43. The molecule has 0 atom stereocenters. The number of Topliss-reactive ketones (excluding diaryl/α,β-unsaturated/α-hetero) is 1. The maximum absolute atomic E-state index is 12.9. The summed E-state index contributed by atoms with van der Waals surface area (Å²) in [6.45, 7) is 0.880. The second kappa shape index (κ2) is 8.35. The Labute approximate surface area is 174 Å². The standard InChI is InChI=1S/C20H16ClF3N2O4/c1-2-16(27)11-3-6-17-15(7-11)26(19(29)10-30-17)9-18(28)25-14-8-12(20(22,23)24)4-5-13(14)21/h3-8H,2,9-10H2,1H3,(H,25,28). The number of alkyl halides is 3. The molecule has 0 radical (unpaired) electrons. The number of ether oxygens (including phenoxy) is 1. The van der Waals surface area contributed by atoms with Crippen LogP contribution in [0.25, 0.3) is 0 Å². The van der Waals surface area contributed by atoms with Gasteiger partial charge >= 0.3 is 6.18 Å². The van der Waals surface area contributed by atoms with Crippen molar-refractivity contribution in [1.82, 2.24) is 0 Å². The van der Waals surface area contributed by atoms with E-state index in [-0.39, 0.29) is 35.2 Å². The topological polar surface area (TPSA) is 75.7 Å². The Morgan fingerprint density at radius 3 is 2.60 bits per heavy atom. The van der Waals surface area contributed by atoms with Crippen LogP contribution < -0.4 is 15.0 Å². The number of hydrogen-bond donors (Lipinski definition) is 1. The SMILES string of the molecule is CCC(=O)c1ccc2c(c1)N(CC(=O)Nc1cc(C(F)(F)F)ccc1Cl)C(=O)CO2. The number of halogens is 4. The van der Waals surface area contributed by atoms with Crippen molar-refractivity contribution in [1.29, 1.82) is 0 Å². The van der Waals surface area contributed by atoms with Gasteiger partial charge in [-0.2, -0.15) is 13.2 Å². The van der Waals surface area contributed by atoms with Crippen LogP contribution >= 0.6 is 11.6 Å². The Morgan fingerprint density at radius 1 is 1.20 bits per heavy atom. The van der Waals surface area contributed by atoms with Gasteiger partial charge in [-0.05, 0) is 36.4 Å². The first kappa shape index (κ1) is 21.6. The maximum atomic E-state index is 12.9. The van der Waals surface area contributed by atoms with Gasteiger partial charge in [-0.1, -0.05) is 18.5 Å². The summed E-state index contributed by atoms with van der Waals surface area (Å²) < 4.78 is 44.1. The number of carbonyl (C=O) groups is 3. The molecule has 0 spiro atoms. The summed E-state index contributed by atoms with van der Waals surface area (Å²) in [5, 5.41) is 2.21. The first-order chi connectivity index (χ1) is 14.1. The molecule has 1 aliphatic heterocycles.